The fourth-order valence-corrected chi connectivity index (χ4v) is 2.03. The van der Waals surface area contributed by atoms with Crippen LogP contribution in [0.4, 0.5) is 4.79 Å². The third-order valence-electron chi connectivity index (χ3n) is 3.22. The molecule has 2 N–H and O–H groups in total. The summed E-state index contributed by atoms with van der Waals surface area (Å²) in [6.07, 6.45) is 5.99. The third kappa shape index (κ3) is 12.7. The molecule has 0 rings (SSSR count). The van der Waals surface area contributed by atoms with Crippen LogP contribution in [0.25, 0.3) is 0 Å². The van der Waals surface area contributed by atoms with Crippen molar-refractivity contribution in [1.29, 1.82) is 0 Å². The molecule has 0 fully saturated rings. The van der Waals surface area contributed by atoms with Gasteiger partial charge in [0.15, 0.2) is 0 Å². The van der Waals surface area contributed by atoms with E-state index >= 15 is 0 Å². The molecule has 0 bridgehead atoms. The zero-order valence-corrected chi connectivity index (χ0v) is 15.1. The Morgan fingerprint density at radius 1 is 1.10 bits per heavy atom. The average Bonchev–Trinajstić information content (AvgIpc) is 2.29. The topological polar surface area (TPSA) is 50.4 Å². The minimum Gasteiger partial charge on any atom is -0.444 e. The van der Waals surface area contributed by atoms with Crippen LogP contribution >= 0.6 is 0 Å². The van der Waals surface area contributed by atoms with Crippen LogP contribution in [-0.2, 0) is 4.74 Å². The summed E-state index contributed by atoms with van der Waals surface area (Å²) in [4.78, 5) is 11.8. The van der Waals surface area contributed by atoms with Crippen molar-refractivity contribution >= 4 is 6.09 Å². The fourth-order valence-electron chi connectivity index (χ4n) is 2.03. The summed E-state index contributed by atoms with van der Waals surface area (Å²) in [5.74, 6) is 0. The highest BCUT2D eigenvalue weighted by Gasteiger charge is 2.24. The van der Waals surface area contributed by atoms with Crippen molar-refractivity contribution in [2.45, 2.75) is 97.8 Å². The van der Waals surface area contributed by atoms with Crippen LogP contribution < -0.4 is 10.6 Å². The number of carbonyl (C=O) groups is 1. The Morgan fingerprint density at radius 2 is 1.71 bits per heavy atom. The van der Waals surface area contributed by atoms with E-state index in [1.807, 2.05) is 34.6 Å². The standard InChI is InChI=1S/C17H36N2O2/c1-8-9-10-11-12-14(2)18-13-17(6,7)19-15(20)21-16(3,4)5/h14,18H,8-13H2,1-7H3,(H,19,20). The van der Waals surface area contributed by atoms with Crippen molar-refractivity contribution in [3.05, 3.63) is 0 Å². The molecule has 0 spiro atoms. The summed E-state index contributed by atoms with van der Waals surface area (Å²) in [6.45, 7) is 14.8. The molecular formula is C17H36N2O2. The highest BCUT2D eigenvalue weighted by Crippen LogP contribution is 2.10. The quantitative estimate of drug-likeness (QED) is 0.626. The smallest absolute Gasteiger partial charge is 0.408 e. The van der Waals surface area contributed by atoms with Crippen molar-refractivity contribution in [1.82, 2.24) is 10.6 Å². The fraction of sp³-hybridized carbons (Fsp3) is 0.941. The number of nitrogens with one attached hydrogen (secondary N) is 2. The van der Waals surface area contributed by atoms with Crippen molar-refractivity contribution in [2.75, 3.05) is 6.54 Å². The summed E-state index contributed by atoms with van der Waals surface area (Å²) in [6, 6.07) is 0.474. The minimum atomic E-state index is -0.458. The maximum Gasteiger partial charge on any atom is 0.408 e. The average molecular weight is 300 g/mol. The summed E-state index contributed by atoms with van der Waals surface area (Å²) >= 11 is 0. The number of alkyl carbamates (subject to hydrolysis) is 1. The van der Waals surface area contributed by atoms with Gasteiger partial charge in [-0.25, -0.2) is 4.79 Å². The largest absolute Gasteiger partial charge is 0.444 e. The summed E-state index contributed by atoms with van der Waals surface area (Å²) in [5, 5.41) is 6.42. The van der Waals surface area contributed by atoms with Gasteiger partial charge in [-0.1, -0.05) is 32.6 Å². The summed E-state index contributed by atoms with van der Waals surface area (Å²) in [7, 11) is 0. The van der Waals surface area contributed by atoms with Crippen molar-refractivity contribution in [2.24, 2.45) is 0 Å². The van der Waals surface area contributed by atoms with E-state index in [1.54, 1.807) is 0 Å². The van der Waals surface area contributed by atoms with E-state index in [1.165, 1.54) is 32.1 Å². The molecule has 0 aromatic rings. The lowest BCUT2D eigenvalue weighted by Crippen LogP contribution is -2.52. The first-order valence-electron chi connectivity index (χ1n) is 8.30. The Morgan fingerprint density at radius 3 is 2.24 bits per heavy atom. The van der Waals surface area contributed by atoms with Gasteiger partial charge in [0, 0.05) is 12.6 Å². The number of hydrogen-bond acceptors (Lipinski definition) is 3. The molecular weight excluding hydrogens is 264 g/mol. The third-order valence-corrected chi connectivity index (χ3v) is 3.22. The van der Waals surface area contributed by atoms with Gasteiger partial charge in [0.2, 0.25) is 0 Å². The molecule has 0 saturated heterocycles. The summed E-state index contributed by atoms with van der Waals surface area (Å²) in [5.41, 5.74) is -0.778. The van der Waals surface area contributed by atoms with E-state index in [0.29, 0.717) is 6.04 Å². The molecule has 0 aliphatic carbocycles. The molecule has 21 heavy (non-hydrogen) atoms. The lowest BCUT2D eigenvalue weighted by atomic mass is 10.0. The molecule has 4 heteroatoms. The van der Waals surface area contributed by atoms with Gasteiger partial charge in [-0.3, -0.25) is 0 Å². The zero-order chi connectivity index (χ0) is 16.5. The minimum absolute atomic E-state index is 0.319. The van der Waals surface area contributed by atoms with Crippen LogP contribution in [0.15, 0.2) is 0 Å². The maximum absolute atomic E-state index is 11.8. The highest BCUT2D eigenvalue weighted by molar-refractivity contribution is 5.68. The van der Waals surface area contributed by atoms with Gasteiger partial charge in [-0.2, -0.15) is 0 Å². The van der Waals surface area contributed by atoms with E-state index in [-0.39, 0.29) is 11.6 Å². The maximum atomic E-state index is 11.8. The first kappa shape index (κ1) is 20.2. The highest BCUT2D eigenvalue weighted by atomic mass is 16.6. The normalized spacial score (nSPS) is 13.9. The number of unbranched alkanes of at least 4 members (excludes halogenated alkanes) is 3. The molecule has 0 saturated carbocycles. The molecule has 0 radical (unpaired) electrons. The number of carbonyl (C=O) groups excluding carboxylic acids is 1. The monoisotopic (exact) mass is 300 g/mol. The summed E-state index contributed by atoms with van der Waals surface area (Å²) < 4.78 is 5.29. The lowest BCUT2D eigenvalue weighted by molar-refractivity contribution is 0.0470. The second-order valence-corrected chi connectivity index (χ2v) is 7.64. The molecule has 4 nitrogen and oxygen atoms in total. The predicted molar refractivity (Wildman–Crippen MR) is 89.7 cm³/mol. The Bertz CT molecular complexity index is 296. The first-order valence-corrected chi connectivity index (χ1v) is 8.30. The molecule has 1 amide bonds. The molecule has 0 aromatic carbocycles. The number of ether oxygens (including phenoxy) is 1. The molecule has 0 aliphatic rings. The number of hydrogen-bond donors (Lipinski definition) is 2. The molecule has 1 unspecified atom stereocenters. The second-order valence-electron chi connectivity index (χ2n) is 7.64. The van der Waals surface area contributed by atoms with Crippen LogP contribution in [0.2, 0.25) is 0 Å². The van der Waals surface area contributed by atoms with Gasteiger partial charge >= 0.3 is 6.09 Å². The van der Waals surface area contributed by atoms with E-state index < -0.39 is 5.60 Å². The lowest BCUT2D eigenvalue weighted by Gasteiger charge is -2.30. The second kappa shape index (κ2) is 9.29. The van der Waals surface area contributed by atoms with Gasteiger partial charge in [0.25, 0.3) is 0 Å². The Balaban J connectivity index is 3.98. The van der Waals surface area contributed by atoms with Gasteiger partial charge in [-0.05, 0) is 48.0 Å². The number of rotatable bonds is 9. The van der Waals surface area contributed by atoms with Crippen molar-refractivity contribution in [3.63, 3.8) is 0 Å². The van der Waals surface area contributed by atoms with Gasteiger partial charge < -0.3 is 15.4 Å². The van der Waals surface area contributed by atoms with E-state index in [0.717, 1.165) is 6.54 Å². The van der Waals surface area contributed by atoms with Crippen molar-refractivity contribution < 1.29 is 9.53 Å². The number of amides is 1. The Kier molecular flexibility index (Phi) is 8.95. The van der Waals surface area contributed by atoms with Crippen LogP contribution in [-0.4, -0.2) is 29.8 Å². The van der Waals surface area contributed by atoms with Gasteiger partial charge in [0.1, 0.15) is 5.60 Å². The predicted octanol–water partition coefficient (Wildman–Crippen LogP) is 4.24. The Hall–Kier alpha value is -0.770. The Labute approximate surface area is 131 Å². The van der Waals surface area contributed by atoms with Crippen LogP contribution in [0, 0.1) is 0 Å². The van der Waals surface area contributed by atoms with Crippen LogP contribution in [0.1, 0.15) is 80.6 Å². The van der Waals surface area contributed by atoms with Crippen LogP contribution in [0.5, 0.6) is 0 Å². The van der Waals surface area contributed by atoms with E-state index in [9.17, 15) is 4.79 Å². The van der Waals surface area contributed by atoms with E-state index in [2.05, 4.69) is 24.5 Å². The van der Waals surface area contributed by atoms with Crippen molar-refractivity contribution in [3.8, 4) is 0 Å². The molecule has 0 heterocycles. The first-order chi connectivity index (χ1) is 9.56. The van der Waals surface area contributed by atoms with Gasteiger partial charge in [-0.15, -0.1) is 0 Å². The SMILES string of the molecule is CCCCCCC(C)NCC(C)(C)NC(=O)OC(C)(C)C. The zero-order valence-electron chi connectivity index (χ0n) is 15.1. The molecule has 0 aromatic heterocycles. The van der Waals surface area contributed by atoms with E-state index in [4.69, 9.17) is 4.74 Å². The molecule has 0 aliphatic heterocycles. The van der Waals surface area contributed by atoms with Gasteiger partial charge in [0.05, 0.1) is 5.54 Å². The molecule has 1 atom stereocenters. The van der Waals surface area contributed by atoms with Crippen LogP contribution in [0.3, 0.4) is 0 Å². The molecule has 126 valence electrons.